The van der Waals surface area contributed by atoms with E-state index in [1.807, 2.05) is 0 Å². The molecule has 3 aliphatic rings. The van der Waals surface area contributed by atoms with Crippen molar-refractivity contribution in [2.45, 2.75) is 44.2 Å². The Morgan fingerprint density at radius 2 is 2.04 bits per heavy atom. The van der Waals surface area contributed by atoms with Gasteiger partial charge in [-0.15, -0.1) is 0 Å². The molecule has 2 N–H and O–H groups in total. The molecule has 0 aromatic carbocycles. The van der Waals surface area contributed by atoms with E-state index in [1.54, 1.807) is 13.0 Å². The van der Waals surface area contributed by atoms with E-state index in [4.69, 9.17) is 0 Å². The highest BCUT2D eigenvalue weighted by Gasteiger charge is 2.53. The van der Waals surface area contributed by atoms with Gasteiger partial charge in [0.05, 0.1) is 17.6 Å². The van der Waals surface area contributed by atoms with Crippen LogP contribution in [0.25, 0.3) is 0 Å². The van der Waals surface area contributed by atoms with Crippen LogP contribution in [0.1, 0.15) is 32.6 Å². The molecule has 2 aliphatic heterocycles. The minimum atomic E-state index is -0.857. The average molecular weight is 357 g/mol. The largest absolute Gasteiger partial charge is 0.325 e. The zero-order chi connectivity index (χ0) is 18.5. The van der Waals surface area contributed by atoms with Gasteiger partial charge in [0.25, 0.3) is 5.91 Å². The number of pyridine rings is 1. The molecule has 1 aromatic rings. The molecule has 5 amide bonds. The number of hydrogen-bond donors (Lipinski definition) is 2. The van der Waals surface area contributed by atoms with Crippen LogP contribution in [0, 0.1) is 0 Å². The van der Waals surface area contributed by atoms with E-state index >= 15 is 0 Å². The molecule has 1 aliphatic carbocycles. The Hall–Kier alpha value is -2.97. The quantitative estimate of drug-likeness (QED) is 0.754. The number of urea groups is 1. The third-order valence-electron chi connectivity index (χ3n) is 5.35. The van der Waals surface area contributed by atoms with Gasteiger partial charge in [-0.2, -0.15) is 0 Å². The first-order valence-corrected chi connectivity index (χ1v) is 8.64. The van der Waals surface area contributed by atoms with Gasteiger partial charge >= 0.3 is 6.03 Å². The number of hydrogen-bond acceptors (Lipinski definition) is 5. The molecule has 1 saturated heterocycles. The number of anilines is 2. The Balaban J connectivity index is 1.59. The third-order valence-corrected chi connectivity index (χ3v) is 5.35. The Morgan fingerprint density at radius 3 is 2.77 bits per heavy atom. The number of fused-ring (bicyclic) bond motifs is 1. The molecule has 1 atom stereocenters. The molecule has 2 fully saturated rings. The van der Waals surface area contributed by atoms with Crippen molar-refractivity contribution in [2.75, 3.05) is 16.8 Å². The van der Waals surface area contributed by atoms with Crippen molar-refractivity contribution in [3.63, 3.8) is 0 Å². The maximum atomic E-state index is 12.9. The minimum Gasteiger partial charge on any atom is -0.323 e. The van der Waals surface area contributed by atoms with Crippen LogP contribution < -0.4 is 15.5 Å². The summed E-state index contributed by atoms with van der Waals surface area (Å²) in [6.45, 7) is 1.20. The van der Waals surface area contributed by atoms with Crippen LogP contribution in [0.3, 0.4) is 0 Å². The van der Waals surface area contributed by atoms with Crippen LogP contribution in [-0.4, -0.2) is 51.8 Å². The predicted octanol–water partition coefficient (Wildman–Crippen LogP) is 0.620. The number of nitrogens with one attached hydrogen (secondary N) is 2. The van der Waals surface area contributed by atoms with Crippen molar-refractivity contribution in [1.82, 2.24) is 15.2 Å². The molecule has 1 spiro atoms. The average Bonchev–Trinajstić information content (AvgIpc) is 3.17. The number of carbonyl (C=O) groups is 4. The van der Waals surface area contributed by atoms with Gasteiger partial charge in [0, 0.05) is 6.20 Å². The van der Waals surface area contributed by atoms with Crippen LogP contribution in [0.5, 0.6) is 0 Å². The van der Waals surface area contributed by atoms with Crippen molar-refractivity contribution in [3.8, 4) is 0 Å². The standard InChI is InChI=1S/C17H19N5O4/c1-10-14(24)19-11-8-18-7-4-12(11)22(10)13(23)9-21-15(25)17(20-16(21)26)5-2-3-6-17/h4,7-8,10H,2-3,5-6,9H2,1H3,(H,19,24)(H,20,26)/t10-/m1/s1. The van der Waals surface area contributed by atoms with Crippen molar-refractivity contribution in [3.05, 3.63) is 18.5 Å². The van der Waals surface area contributed by atoms with Crippen LogP contribution in [-0.2, 0) is 14.4 Å². The fourth-order valence-electron chi connectivity index (χ4n) is 3.96. The summed E-state index contributed by atoms with van der Waals surface area (Å²) in [5, 5.41) is 5.44. The topological polar surface area (TPSA) is 112 Å². The van der Waals surface area contributed by atoms with E-state index in [-0.39, 0.29) is 11.8 Å². The molecule has 9 heteroatoms. The maximum absolute atomic E-state index is 12.9. The monoisotopic (exact) mass is 357 g/mol. The van der Waals surface area contributed by atoms with Gasteiger partial charge in [0.2, 0.25) is 11.8 Å². The van der Waals surface area contributed by atoms with Gasteiger partial charge in [-0.1, -0.05) is 12.8 Å². The van der Waals surface area contributed by atoms with Crippen LogP contribution in [0.15, 0.2) is 18.5 Å². The Labute approximate surface area is 149 Å². The second kappa shape index (κ2) is 5.79. The number of amides is 5. The zero-order valence-corrected chi connectivity index (χ0v) is 14.3. The number of imide groups is 1. The van der Waals surface area contributed by atoms with E-state index in [2.05, 4.69) is 15.6 Å². The Morgan fingerprint density at radius 1 is 1.31 bits per heavy atom. The van der Waals surface area contributed by atoms with Crippen LogP contribution in [0.4, 0.5) is 16.2 Å². The summed E-state index contributed by atoms with van der Waals surface area (Å²) in [5.41, 5.74) is 0.0671. The molecule has 26 heavy (non-hydrogen) atoms. The Bertz CT molecular complexity index is 817. The highest BCUT2D eigenvalue weighted by molar-refractivity contribution is 6.15. The van der Waals surface area contributed by atoms with Gasteiger partial charge in [-0.05, 0) is 25.8 Å². The molecule has 0 bridgehead atoms. The summed E-state index contributed by atoms with van der Waals surface area (Å²) in [6.07, 6.45) is 5.92. The van der Waals surface area contributed by atoms with Crippen LogP contribution >= 0.6 is 0 Å². The molecular formula is C17H19N5O4. The normalized spacial score (nSPS) is 23.9. The fraction of sp³-hybridized carbons (Fsp3) is 0.471. The van der Waals surface area contributed by atoms with E-state index in [1.165, 1.54) is 17.3 Å². The van der Waals surface area contributed by atoms with Crippen molar-refractivity contribution < 1.29 is 19.2 Å². The highest BCUT2D eigenvalue weighted by atomic mass is 16.2. The second-order valence-electron chi connectivity index (χ2n) is 6.93. The number of aromatic nitrogens is 1. The molecule has 9 nitrogen and oxygen atoms in total. The molecule has 0 unspecified atom stereocenters. The first kappa shape index (κ1) is 16.5. The van der Waals surface area contributed by atoms with Crippen molar-refractivity contribution in [2.24, 2.45) is 0 Å². The summed E-state index contributed by atoms with van der Waals surface area (Å²) in [6, 6.07) is 0.320. The van der Waals surface area contributed by atoms with Gasteiger partial charge in [-0.3, -0.25) is 29.2 Å². The van der Waals surface area contributed by atoms with Gasteiger partial charge < -0.3 is 10.6 Å². The third kappa shape index (κ3) is 2.34. The lowest BCUT2D eigenvalue weighted by Crippen LogP contribution is -2.53. The van der Waals surface area contributed by atoms with E-state index in [0.29, 0.717) is 24.2 Å². The first-order valence-electron chi connectivity index (χ1n) is 8.64. The summed E-state index contributed by atoms with van der Waals surface area (Å²) in [4.78, 5) is 56.3. The molecule has 136 valence electrons. The predicted molar refractivity (Wildman–Crippen MR) is 91.3 cm³/mol. The highest BCUT2D eigenvalue weighted by Crippen LogP contribution is 2.36. The molecular weight excluding hydrogens is 338 g/mol. The number of nitrogens with zero attached hydrogens (tertiary/aromatic N) is 3. The number of rotatable bonds is 2. The second-order valence-corrected chi connectivity index (χ2v) is 6.93. The molecule has 4 rings (SSSR count). The van der Waals surface area contributed by atoms with Gasteiger partial charge in [-0.25, -0.2) is 4.79 Å². The van der Waals surface area contributed by atoms with Crippen molar-refractivity contribution in [1.29, 1.82) is 0 Å². The molecule has 1 aromatic heterocycles. The fourth-order valence-corrected chi connectivity index (χ4v) is 3.96. The summed E-state index contributed by atoms with van der Waals surface area (Å²) in [5.74, 6) is -1.18. The van der Waals surface area contributed by atoms with Crippen molar-refractivity contribution >= 4 is 35.1 Å². The molecule has 3 heterocycles. The SMILES string of the molecule is C[C@@H]1C(=O)Nc2cnccc2N1C(=O)CN1C(=O)NC2(CCCC2)C1=O. The smallest absolute Gasteiger partial charge is 0.323 e. The number of carbonyl (C=O) groups excluding carboxylic acids is 4. The lowest BCUT2D eigenvalue weighted by Gasteiger charge is -2.34. The Kier molecular flexibility index (Phi) is 3.67. The van der Waals surface area contributed by atoms with Gasteiger partial charge in [0.15, 0.2) is 0 Å². The maximum Gasteiger partial charge on any atom is 0.325 e. The molecule has 1 saturated carbocycles. The first-order chi connectivity index (χ1) is 12.4. The summed E-state index contributed by atoms with van der Waals surface area (Å²) in [7, 11) is 0. The van der Waals surface area contributed by atoms with E-state index in [0.717, 1.165) is 17.7 Å². The lowest BCUT2D eigenvalue weighted by atomic mass is 9.98. The van der Waals surface area contributed by atoms with E-state index < -0.39 is 30.1 Å². The zero-order valence-electron chi connectivity index (χ0n) is 14.3. The molecule has 0 radical (unpaired) electrons. The van der Waals surface area contributed by atoms with Gasteiger partial charge in [0.1, 0.15) is 18.1 Å². The van der Waals surface area contributed by atoms with E-state index in [9.17, 15) is 19.2 Å². The van der Waals surface area contributed by atoms with Crippen LogP contribution in [0.2, 0.25) is 0 Å². The lowest BCUT2D eigenvalue weighted by molar-refractivity contribution is -0.134. The minimum absolute atomic E-state index is 0.344. The summed E-state index contributed by atoms with van der Waals surface area (Å²) >= 11 is 0. The summed E-state index contributed by atoms with van der Waals surface area (Å²) < 4.78 is 0.